The number of carboxylic acid groups (broad SMARTS) is 1. The Morgan fingerprint density at radius 2 is 2.44 bits per heavy atom. The molecule has 4 nitrogen and oxygen atoms in total. The van der Waals surface area contributed by atoms with E-state index in [2.05, 4.69) is 24.1 Å². The Balaban J connectivity index is 2.05. The van der Waals surface area contributed by atoms with Gasteiger partial charge in [0.25, 0.3) is 0 Å². The molecule has 2 N–H and O–H groups in total. The van der Waals surface area contributed by atoms with E-state index >= 15 is 0 Å². The Hall–Kier alpha value is -1.10. The molecule has 1 heterocycles. The summed E-state index contributed by atoms with van der Waals surface area (Å²) < 4.78 is 0. The number of rotatable bonds is 3. The van der Waals surface area contributed by atoms with Crippen LogP contribution in [-0.2, 0) is 0 Å². The monoisotopic (exact) mass is 240 g/mol. The van der Waals surface area contributed by atoms with Crippen LogP contribution in [0.1, 0.15) is 43.6 Å². The fourth-order valence-electron chi connectivity index (χ4n) is 2.25. The second-order valence-electron chi connectivity index (χ2n) is 5.08. The van der Waals surface area contributed by atoms with E-state index in [0.717, 1.165) is 12.8 Å². The van der Waals surface area contributed by atoms with Gasteiger partial charge in [-0.3, -0.25) is 0 Å². The summed E-state index contributed by atoms with van der Waals surface area (Å²) in [5.74, 6) is -0.957. The van der Waals surface area contributed by atoms with Crippen LogP contribution >= 0.6 is 11.3 Å². The van der Waals surface area contributed by atoms with Crippen LogP contribution in [0.2, 0.25) is 0 Å². The molecule has 0 radical (unpaired) electrons. The predicted octanol–water partition coefficient (Wildman–Crippen LogP) is 2.83. The normalized spacial score (nSPS) is 23.2. The van der Waals surface area contributed by atoms with Crippen LogP contribution < -0.4 is 5.32 Å². The second-order valence-corrected chi connectivity index (χ2v) is 5.94. The van der Waals surface area contributed by atoms with Gasteiger partial charge in [0.15, 0.2) is 5.69 Å². The number of aromatic carboxylic acids is 1. The third-order valence-electron chi connectivity index (χ3n) is 3.07. The molecule has 0 amide bonds. The molecule has 1 fully saturated rings. The van der Waals surface area contributed by atoms with Gasteiger partial charge in [-0.05, 0) is 24.7 Å². The van der Waals surface area contributed by atoms with Gasteiger partial charge in [0.05, 0.1) is 5.51 Å². The van der Waals surface area contributed by atoms with Crippen molar-refractivity contribution < 1.29 is 9.90 Å². The Morgan fingerprint density at radius 1 is 1.69 bits per heavy atom. The van der Waals surface area contributed by atoms with E-state index in [9.17, 15) is 4.79 Å². The zero-order chi connectivity index (χ0) is 11.8. The van der Waals surface area contributed by atoms with Gasteiger partial charge in [0.1, 0.15) is 5.00 Å². The van der Waals surface area contributed by atoms with E-state index in [1.165, 1.54) is 17.8 Å². The molecule has 5 heteroatoms. The number of nitrogens with one attached hydrogen (secondary N) is 1. The van der Waals surface area contributed by atoms with Crippen LogP contribution in [0.25, 0.3) is 0 Å². The first-order valence-corrected chi connectivity index (χ1v) is 6.29. The molecule has 0 aliphatic heterocycles. The molecule has 0 bridgehead atoms. The summed E-state index contributed by atoms with van der Waals surface area (Å²) in [6.45, 7) is 4.50. The van der Waals surface area contributed by atoms with Crippen molar-refractivity contribution in [1.29, 1.82) is 0 Å². The van der Waals surface area contributed by atoms with Crippen molar-refractivity contribution in [3.8, 4) is 0 Å². The summed E-state index contributed by atoms with van der Waals surface area (Å²) in [7, 11) is 0. The second kappa shape index (κ2) is 4.05. The average molecular weight is 240 g/mol. The molecule has 0 spiro atoms. The lowest BCUT2D eigenvalue weighted by Crippen LogP contribution is -2.18. The van der Waals surface area contributed by atoms with Crippen LogP contribution in [0.4, 0.5) is 5.00 Å². The Bertz CT molecular complexity index is 400. The Kier molecular flexibility index (Phi) is 2.88. The number of nitrogens with zero attached hydrogens (tertiary/aromatic N) is 1. The lowest BCUT2D eigenvalue weighted by molar-refractivity contribution is 0.0692. The SMILES string of the molecule is CC1(C)CCC(Nc2scnc2C(=O)O)C1. The summed E-state index contributed by atoms with van der Waals surface area (Å²) in [5, 5.41) is 12.9. The third-order valence-corrected chi connectivity index (χ3v) is 3.83. The van der Waals surface area contributed by atoms with Crippen molar-refractivity contribution in [2.45, 2.75) is 39.2 Å². The standard InChI is InChI=1S/C11H16N2O2S/c1-11(2)4-3-7(5-11)13-9-8(10(14)15)12-6-16-9/h6-7,13H,3-5H2,1-2H3,(H,14,15). The van der Waals surface area contributed by atoms with E-state index in [-0.39, 0.29) is 5.69 Å². The molecule has 1 aromatic rings. The number of thiazole rings is 1. The lowest BCUT2D eigenvalue weighted by atomic mass is 9.92. The molecule has 1 unspecified atom stereocenters. The number of anilines is 1. The molecule has 0 saturated heterocycles. The highest BCUT2D eigenvalue weighted by Gasteiger charge is 2.31. The highest BCUT2D eigenvalue weighted by molar-refractivity contribution is 7.14. The minimum absolute atomic E-state index is 0.148. The molecule has 1 aliphatic carbocycles. The van der Waals surface area contributed by atoms with E-state index in [1.807, 2.05) is 0 Å². The van der Waals surface area contributed by atoms with E-state index in [1.54, 1.807) is 5.51 Å². The molecule has 1 atom stereocenters. The summed E-state index contributed by atoms with van der Waals surface area (Å²) in [6.07, 6.45) is 3.37. The van der Waals surface area contributed by atoms with Crippen LogP contribution in [0.3, 0.4) is 0 Å². The number of hydrogen-bond acceptors (Lipinski definition) is 4. The molecule has 1 saturated carbocycles. The molecular weight excluding hydrogens is 224 g/mol. The lowest BCUT2D eigenvalue weighted by Gasteiger charge is -2.17. The molecule has 1 aromatic heterocycles. The van der Waals surface area contributed by atoms with Crippen molar-refractivity contribution in [2.24, 2.45) is 5.41 Å². The molecule has 16 heavy (non-hydrogen) atoms. The maximum atomic E-state index is 10.9. The highest BCUT2D eigenvalue weighted by atomic mass is 32.1. The van der Waals surface area contributed by atoms with Crippen molar-refractivity contribution in [3.63, 3.8) is 0 Å². The van der Waals surface area contributed by atoms with Crippen molar-refractivity contribution in [1.82, 2.24) is 4.98 Å². The first-order valence-electron chi connectivity index (χ1n) is 5.41. The number of aromatic nitrogens is 1. The summed E-state index contributed by atoms with van der Waals surface area (Å²) >= 11 is 1.36. The predicted molar refractivity (Wildman–Crippen MR) is 64.1 cm³/mol. The van der Waals surface area contributed by atoms with Gasteiger partial charge < -0.3 is 10.4 Å². The molecule has 0 aromatic carbocycles. The fraction of sp³-hybridized carbons (Fsp3) is 0.636. The third kappa shape index (κ3) is 2.35. The van der Waals surface area contributed by atoms with Gasteiger partial charge in [0, 0.05) is 6.04 Å². The van der Waals surface area contributed by atoms with Gasteiger partial charge in [-0.1, -0.05) is 13.8 Å². The zero-order valence-corrected chi connectivity index (χ0v) is 10.3. The molecule has 1 aliphatic rings. The quantitative estimate of drug-likeness (QED) is 0.852. The van der Waals surface area contributed by atoms with Crippen LogP contribution in [0.5, 0.6) is 0 Å². The zero-order valence-electron chi connectivity index (χ0n) is 9.49. The van der Waals surface area contributed by atoms with E-state index in [0.29, 0.717) is 16.5 Å². The van der Waals surface area contributed by atoms with Gasteiger partial charge in [-0.15, -0.1) is 11.3 Å². The smallest absolute Gasteiger partial charge is 0.357 e. The summed E-state index contributed by atoms with van der Waals surface area (Å²) in [6, 6.07) is 0.383. The molecule has 88 valence electrons. The van der Waals surface area contributed by atoms with Crippen molar-refractivity contribution >= 4 is 22.3 Å². The number of carbonyl (C=O) groups is 1. The summed E-state index contributed by atoms with van der Waals surface area (Å²) in [5.41, 5.74) is 2.09. The average Bonchev–Trinajstić information content (AvgIpc) is 2.73. The van der Waals surface area contributed by atoms with Gasteiger partial charge in [0.2, 0.25) is 0 Å². The Morgan fingerprint density at radius 3 is 3.00 bits per heavy atom. The van der Waals surface area contributed by atoms with Crippen molar-refractivity contribution in [2.75, 3.05) is 5.32 Å². The first kappa shape index (κ1) is 11.4. The van der Waals surface area contributed by atoms with Crippen LogP contribution in [0, 0.1) is 5.41 Å². The summed E-state index contributed by atoms with van der Waals surface area (Å²) in [4.78, 5) is 14.7. The number of hydrogen-bond donors (Lipinski definition) is 2. The maximum Gasteiger partial charge on any atom is 0.357 e. The fourth-order valence-corrected chi connectivity index (χ4v) is 3.00. The van der Waals surface area contributed by atoms with Gasteiger partial charge >= 0.3 is 5.97 Å². The Labute approximate surface area is 98.7 Å². The highest BCUT2D eigenvalue weighted by Crippen LogP contribution is 2.39. The van der Waals surface area contributed by atoms with E-state index in [4.69, 9.17) is 5.11 Å². The molecule has 2 rings (SSSR count). The van der Waals surface area contributed by atoms with Crippen molar-refractivity contribution in [3.05, 3.63) is 11.2 Å². The maximum absolute atomic E-state index is 10.9. The minimum atomic E-state index is -0.957. The minimum Gasteiger partial charge on any atom is -0.476 e. The van der Waals surface area contributed by atoms with Crippen LogP contribution in [0.15, 0.2) is 5.51 Å². The first-order chi connectivity index (χ1) is 7.48. The van der Waals surface area contributed by atoms with E-state index < -0.39 is 5.97 Å². The molecular formula is C11H16N2O2S. The number of carboxylic acids is 1. The van der Waals surface area contributed by atoms with Crippen LogP contribution in [-0.4, -0.2) is 22.1 Å². The van der Waals surface area contributed by atoms with Gasteiger partial charge in [-0.2, -0.15) is 0 Å². The topological polar surface area (TPSA) is 62.2 Å². The largest absolute Gasteiger partial charge is 0.476 e. The van der Waals surface area contributed by atoms with Gasteiger partial charge in [-0.25, -0.2) is 9.78 Å².